The minimum Gasteiger partial charge on any atom is -0.449 e. The molecule has 134 valence electrons. The van der Waals surface area contributed by atoms with Gasteiger partial charge in [-0.3, -0.25) is 4.98 Å². The van der Waals surface area contributed by atoms with Crippen LogP contribution >= 0.6 is 0 Å². The van der Waals surface area contributed by atoms with Crippen LogP contribution in [0.3, 0.4) is 0 Å². The number of nitrogens with zero attached hydrogens (tertiary/aromatic N) is 5. The highest BCUT2D eigenvalue weighted by molar-refractivity contribution is 5.68. The van der Waals surface area contributed by atoms with Crippen LogP contribution in [0.5, 0.6) is 0 Å². The van der Waals surface area contributed by atoms with Gasteiger partial charge in [-0.05, 0) is 25.0 Å². The lowest BCUT2D eigenvalue weighted by Crippen LogP contribution is -2.49. The average Bonchev–Trinajstić information content (AvgIpc) is 3.08. The Hall–Kier alpha value is -2.57. The van der Waals surface area contributed by atoms with Crippen LogP contribution in [-0.4, -0.2) is 58.5 Å². The summed E-state index contributed by atoms with van der Waals surface area (Å²) < 4.78 is 7.17. The maximum absolute atomic E-state index is 12.1. The van der Waals surface area contributed by atoms with E-state index in [-0.39, 0.29) is 6.09 Å². The van der Waals surface area contributed by atoms with Crippen LogP contribution in [0.4, 0.5) is 10.5 Å². The maximum atomic E-state index is 12.1. The van der Waals surface area contributed by atoms with Gasteiger partial charge in [-0.25, -0.2) is 9.48 Å². The molecule has 1 fully saturated rings. The molecular formula is C18H25N5O2. The van der Waals surface area contributed by atoms with Gasteiger partial charge in [0.15, 0.2) is 0 Å². The molecule has 0 saturated carbocycles. The van der Waals surface area contributed by atoms with Crippen LogP contribution in [0.25, 0.3) is 5.69 Å². The molecule has 0 N–H and O–H groups in total. The number of rotatable bonds is 5. The number of unbranched alkanes of at least 4 members (excludes halogenated alkanes) is 1. The van der Waals surface area contributed by atoms with Crippen molar-refractivity contribution in [3.05, 3.63) is 36.4 Å². The van der Waals surface area contributed by atoms with Crippen molar-refractivity contribution in [2.24, 2.45) is 0 Å². The largest absolute Gasteiger partial charge is 0.449 e. The predicted molar refractivity (Wildman–Crippen MR) is 96.1 cm³/mol. The molecule has 0 radical (unpaired) electrons. The third-order valence-corrected chi connectivity index (χ3v) is 4.34. The minimum absolute atomic E-state index is 0.206. The number of carbonyl (C=O) groups is 1. The summed E-state index contributed by atoms with van der Waals surface area (Å²) in [6, 6.07) is 1.97. The second-order valence-corrected chi connectivity index (χ2v) is 6.27. The molecular weight excluding hydrogens is 318 g/mol. The number of carbonyl (C=O) groups excluding carboxylic acids is 1. The average molecular weight is 343 g/mol. The van der Waals surface area contributed by atoms with E-state index < -0.39 is 0 Å². The molecule has 0 bridgehead atoms. The second kappa shape index (κ2) is 8.00. The summed E-state index contributed by atoms with van der Waals surface area (Å²) in [5.74, 6) is 0. The summed E-state index contributed by atoms with van der Waals surface area (Å²) in [7, 11) is 0. The highest BCUT2D eigenvalue weighted by Gasteiger charge is 2.24. The van der Waals surface area contributed by atoms with E-state index in [0.29, 0.717) is 19.7 Å². The molecule has 0 aromatic carbocycles. The fraction of sp³-hybridized carbons (Fsp3) is 0.500. The Bertz CT molecular complexity index is 707. The van der Waals surface area contributed by atoms with Crippen molar-refractivity contribution >= 4 is 11.8 Å². The van der Waals surface area contributed by atoms with Gasteiger partial charge in [-0.2, -0.15) is 5.10 Å². The Morgan fingerprint density at radius 2 is 2.00 bits per heavy atom. The Kier molecular flexibility index (Phi) is 5.53. The zero-order chi connectivity index (χ0) is 17.6. The Labute approximate surface area is 148 Å². The van der Waals surface area contributed by atoms with E-state index in [1.54, 1.807) is 11.1 Å². The zero-order valence-corrected chi connectivity index (χ0v) is 14.9. The molecule has 1 aliphatic rings. The van der Waals surface area contributed by atoms with Crippen molar-refractivity contribution in [3.8, 4) is 5.69 Å². The van der Waals surface area contributed by atoms with Gasteiger partial charge in [-0.15, -0.1) is 0 Å². The van der Waals surface area contributed by atoms with Crippen LogP contribution in [0.1, 0.15) is 25.3 Å². The van der Waals surface area contributed by atoms with Crippen molar-refractivity contribution in [2.75, 3.05) is 37.7 Å². The van der Waals surface area contributed by atoms with E-state index in [2.05, 4.69) is 21.9 Å². The molecule has 0 unspecified atom stereocenters. The lowest BCUT2D eigenvalue weighted by molar-refractivity contribution is 0.0989. The van der Waals surface area contributed by atoms with Crippen LogP contribution in [0, 0.1) is 6.92 Å². The van der Waals surface area contributed by atoms with Crippen molar-refractivity contribution in [1.29, 1.82) is 0 Å². The van der Waals surface area contributed by atoms with Gasteiger partial charge >= 0.3 is 6.09 Å². The number of piperazine rings is 1. The third kappa shape index (κ3) is 4.10. The number of amides is 1. The van der Waals surface area contributed by atoms with Crippen LogP contribution in [0.2, 0.25) is 0 Å². The summed E-state index contributed by atoms with van der Waals surface area (Å²) in [4.78, 5) is 20.4. The van der Waals surface area contributed by atoms with E-state index >= 15 is 0 Å². The molecule has 3 heterocycles. The van der Waals surface area contributed by atoms with E-state index in [4.69, 9.17) is 4.74 Å². The fourth-order valence-electron chi connectivity index (χ4n) is 2.89. The van der Waals surface area contributed by atoms with Gasteiger partial charge in [0.2, 0.25) is 0 Å². The van der Waals surface area contributed by atoms with E-state index in [0.717, 1.165) is 42.9 Å². The second-order valence-electron chi connectivity index (χ2n) is 6.27. The van der Waals surface area contributed by atoms with Gasteiger partial charge in [0.1, 0.15) is 0 Å². The highest BCUT2D eigenvalue weighted by Crippen LogP contribution is 2.24. The molecule has 2 aromatic rings. The van der Waals surface area contributed by atoms with E-state index in [9.17, 15) is 4.79 Å². The smallest absolute Gasteiger partial charge is 0.409 e. The molecule has 0 atom stereocenters. The molecule has 3 rings (SSSR count). The first-order valence-electron chi connectivity index (χ1n) is 8.81. The predicted octanol–water partition coefficient (Wildman–Crippen LogP) is 2.63. The Morgan fingerprint density at radius 1 is 1.20 bits per heavy atom. The zero-order valence-electron chi connectivity index (χ0n) is 14.9. The number of hydrogen-bond acceptors (Lipinski definition) is 5. The lowest BCUT2D eigenvalue weighted by Gasteiger charge is -2.36. The molecule has 0 aliphatic carbocycles. The molecule has 7 nitrogen and oxygen atoms in total. The monoisotopic (exact) mass is 343 g/mol. The lowest BCUT2D eigenvalue weighted by atomic mass is 10.2. The number of hydrogen-bond donors (Lipinski definition) is 0. The molecule has 25 heavy (non-hydrogen) atoms. The molecule has 1 amide bonds. The van der Waals surface area contributed by atoms with Crippen molar-refractivity contribution in [2.45, 2.75) is 26.7 Å². The first kappa shape index (κ1) is 17.3. The summed E-state index contributed by atoms with van der Waals surface area (Å²) in [5, 5.41) is 4.40. The Morgan fingerprint density at radius 3 is 2.68 bits per heavy atom. The van der Waals surface area contributed by atoms with E-state index in [1.807, 2.05) is 36.3 Å². The third-order valence-electron chi connectivity index (χ3n) is 4.34. The van der Waals surface area contributed by atoms with Crippen LogP contribution < -0.4 is 4.90 Å². The number of aromatic nitrogens is 3. The summed E-state index contributed by atoms with van der Waals surface area (Å²) in [6.07, 6.45) is 9.21. The van der Waals surface area contributed by atoms with Crippen LogP contribution in [-0.2, 0) is 4.74 Å². The fourth-order valence-corrected chi connectivity index (χ4v) is 2.89. The first-order valence-corrected chi connectivity index (χ1v) is 8.81. The van der Waals surface area contributed by atoms with Gasteiger partial charge < -0.3 is 14.5 Å². The van der Waals surface area contributed by atoms with Crippen molar-refractivity contribution in [3.63, 3.8) is 0 Å². The molecule has 1 saturated heterocycles. The molecule has 2 aromatic heterocycles. The SMILES string of the molecule is CCCCOC(=O)N1CCN(c2cnccc2-n2cc(C)cn2)CC1. The van der Waals surface area contributed by atoms with Gasteiger partial charge in [-0.1, -0.05) is 13.3 Å². The minimum atomic E-state index is -0.206. The van der Waals surface area contributed by atoms with Crippen molar-refractivity contribution in [1.82, 2.24) is 19.7 Å². The van der Waals surface area contributed by atoms with E-state index in [1.165, 1.54) is 0 Å². The van der Waals surface area contributed by atoms with Gasteiger partial charge in [0.05, 0.1) is 30.4 Å². The van der Waals surface area contributed by atoms with Gasteiger partial charge in [0.25, 0.3) is 0 Å². The van der Waals surface area contributed by atoms with Gasteiger partial charge in [0, 0.05) is 38.6 Å². The summed E-state index contributed by atoms with van der Waals surface area (Å²) in [5.41, 5.74) is 3.15. The number of aryl methyl sites for hydroxylation is 1. The number of ether oxygens (including phenoxy) is 1. The standard InChI is InChI=1S/C18H25N5O2/c1-3-4-11-25-18(24)22-9-7-21(8-10-22)17-13-19-6-5-16(17)23-14-15(2)12-20-23/h5-6,12-14H,3-4,7-11H2,1-2H3. The Balaban J connectivity index is 1.65. The number of pyridine rings is 1. The van der Waals surface area contributed by atoms with Crippen molar-refractivity contribution < 1.29 is 9.53 Å². The maximum Gasteiger partial charge on any atom is 0.409 e. The quantitative estimate of drug-likeness (QED) is 0.781. The molecule has 0 spiro atoms. The summed E-state index contributed by atoms with van der Waals surface area (Å²) >= 11 is 0. The number of anilines is 1. The highest BCUT2D eigenvalue weighted by atomic mass is 16.6. The molecule has 7 heteroatoms. The topological polar surface area (TPSA) is 63.5 Å². The molecule has 1 aliphatic heterocycles. The van der Waals surface area contributed by atoms with Crippen LogP contribution in [0.15, 0.2) is 30.9 Å². The summed E-state index contributed by atoms with van der Waals surface area (Å²) in [6.45, 7) is 7.41. The first-order chi connectivity index (χ1) is 12.2. The normalized spacial score (nSPS) is 14.6.